The van der Waals surface area contributed by atoms with E-state index in [0.717, 1.165) is 13.0 Å². The molecule has 1 heteroatoms. The molecule has 0 aromatic carbocycles. The van der Waals surface area contributed by atoms with Gasteiger partial charge in [-0.05, 0) is 12.5 Å². The first-order valence-corrected chi connectivity index (χ1v) is 1.99. The minimum absolute atomic E-state index is 0.896. The molecule has 0 unspecified atom stereocenters. The Kier molecular flexibility index (Phi) is 0.920. The molecule has 1 rings (SSSR count). The lowest BCUT2D eigenvalue weighted by Gasteiger charge is -1.80. The van der Waals surface area contributed by atoms with Crippen LogP contribution in [-0.4, -0.2) is 12.4 Å². The molecule has 1 nitrogen and oxygen atoms in total. The molecule has 0 saturated heterocycles. The highest BCUT2D eigenvalue weighted by atomic mass is 14.7. The van der Waals surface area contributed by atoms with E-state index in [2.05, 4.69) is 16.6 Å². The lowest BCUT2D eigenvalue weighted by Crippen LogP contribution is -1.76. The van der Waals surface area contributed by atoms with Crippen LogP contribution < -0.4 is 0 Å². The monoisotopic (exact) mass is 79.0 g/mol. The minimum Gasteiger partial charge on any atom is -0.235 e. The Labute approximate surface area is 36.7 Å². The molecule has 0 radical (unpaired) electrons. The van der Waals surface area contributed by atoms with Crippen LogP contribution in [-0.2, 0) is 0 Å². The summed E-state index contributed by atoms with van der Waals surface area (Å²) < 4.78 is 0. The minimum atomic E-state index is 0.896. The fraction of sp³-hybridized carbons (Fsp3) is 0.400. The van der Waals surface area contributed by atoms with Crippen molar-refractivity contribution in [2.45, 2.75) is 6.42 Å². The maximum absolute atomic E-state index is 3.78. The molecule has 0 atom stereocenters. The van der Waals surface area contributed by atoms with Gasteiger partial charge in [0.2, 0.25) is 0 Å². The third kappa shape index (κ3) is 0.587. The lowest BCUT2D eigenvalue weighted by molar-refractivity contribution is 1.01. The summed E-state index contributed by atoms with van der Waals surface area (Å²) in [5, 5.41) is 0. The SMILES string of the molecule is C1=C=NCCC=1. The number of hydrogen-bond donors (Lipinski definition) is 0. The maximum Gasteiger partial charge on any atom is 0.0531 e. The van der Waals surface area contributed by atoms with Gasteiger partial charge in [-0.3, -0.25) is 0 Å². The molecule has 0 N–H and O–H groups in total. The van der Waals surface area contributed by atoms with Gasteiger partial charge < -0.3 is 0 Å². The summed E-state index contributed by atoms with van der Waals surface area (Å²) in [5.41, 5.74) is 2.74. The zero-order valence-electron chi connectivity index (χ0n) is 3.44. The molecule has 0 amide bonds. The van der Waals surface area contributed by atoms with E-state index in [4.69, 9.17) is 0 Å². The third-order valence-electron chi connectivity index (χ3n) is 0.631. The van der Waals surface area contributed by atoms with Crippen molar-refractivity contribution in [1.29, 1.82) is 0 Å². The largest absolute Gasteiger partial charge is 0.235 e. The molecular weight excluding hydrogens is 74.1 g/mol. The fourth-order valence-corrected chi connectivity index (χ4v) is 0.348. The molecule has 1 aliphatic heterocycles. The molecule has 0 fully saturated rings. The summed E-state index contributed by atoms with van der Waals surface area (Å²) in [4.78, 5) is 3.78. The first-order chi connectivity index (χ1) is 3.00. The highest BCUT2D eigenvalue weighted by Crippen LogP contribution is 1.82. The van der Waals surface area contributed by atoms with Gasteiger partial charge in [-0.15, -0.1) is 0 Å². The fourth-order valence-electron chi connectivity index (χ4n) is 0.348. The Morgan fingerprint density at radius 2 is 2.67 bits per heavy atom. The van der Waals surface area contributed by atoms with Crippen LogP contribution in [0.3, 0.4) is 0 Å². The second kappa shape index (κ2) is 1.61. The third-order valence-corrected chi connectivity index (χ3v) is 0.631. The maximum atomic E-state index is 3.78. The molecule has 0 aromatic rings. The number of hydrogen-bond acceptors (Lipinski definition) is 1. The number of aliphatic imine (C=N–C) groups is 1. The zero-order valence-corrected chi connectivity index (χ0v) is 3.44. The Morgan fingerprint density at radius 3 is 2.83 bits per heavy atom. The molecule has 0 bridgehead atoms. The standard InChI is InChI=1S/C5H5N/c1-2-4-6-5-3-1/h1H,2,4H2. The second-order valence-electron chi connectivity index (χ2n) is 1.13. The highest BCUT2D eigenvalue weighted by molar-refractivity contribution is 5.51. The Hall–Kier alpha value is -0.770. The molecule has 0 spiro atoms. The molecule has 0 aliphatic carbocycles. The topological polar surface area (TPSA) is 12.4 Å². The molecule has 30 valence electrons. The van der Waals surface area contributed by atoms with E-state index in [0.29, 0.717) is 0 Å². The predicted octanol–water partition coefficient (Wildman–Crippen LogP) is 0.771. The van der Waals surface area contributed by atoms with E-state index in [-0.39, 0.29) is 0 Å². The number of nitrogens with zero attached hydrogens (tertiary/aromatic N) is 1. The van der Waals surface area contributed by atoms with Gasteiger partial charge in [0.15, 0.2) is 0 Å². The van der Waals surface area contributed by atoms with Gasteiger partial charge >= 0.3 is 0 Å². The summed E-state index contributed by atoms with van der Waals surface area (Å²) in [7, 11) is 0. The van der Waals surface area contributed by atoms with Gasteiger partial charge in [-0.2, -0.15) is 0 Å². The van der Waals surface area contributed by atoms with E-state index in [9.17, 15) is 0 Å². The quantitative estimate of drug-likeness (QED) is 0.380. The molecule has 1 aliphatic rings. The predicted molar refractivity (Wildman–Crippen MR) is 25.0 cm³/mol. The normalized spacial score (nSPS) is 16.0. The molecule has 1 heterocycles. The van der Waals surface area contributed by atoms with Gasteiger partial charge in [-0.1, -0.05) is 5.73 Å². The van der Waals surface area contributed by atoms with Crippen molar-refractivity contribution >= 4 is 5.87 Å². The van der Waals surface area contributed by atoms with E-state index in [1.807, 2.05) is 6.08 Å². The van der Waals surface area contributed by atoms with Crippen molar-refractivity contribution in [3.63, 3.8) is 0 Å². The van der Waals surface area contributed by atoms with E-state index in [1.165, 1.54) is 0 Å². The van der Waals surface area contributed by atoms with E-state index < -0.39 is 0 Å². The smallest absolute Gasteiger partial charge is 0.0531 e. The summed E-state index contributed by atoms with van der Waals surface area (Å²) in [6.07, 6.45) is 2.97. The molecule has 6 heavy (non-hydrogen) atoms. The Bertz CT molecular complexity index is 107. The Balaban J connectivity index is 2.88. The summed E-state index contributed by atoms with van der Waals surface area (Å²) in [6, 6.07) is 0. The van der Waals surface area contributed by atoms with Crippen molar-refractivity contribution in [3.8, 4) is 0 Å². The van der Waals surface area contributed by atoms with Crippen molar-refractivity contribution in [2.24, 2.45) is 4.99 Å². The average molecular weight is 79.1 g/mol. The van der Waals surface area contributed by atoms with Gasteiger partial charge in [-0.25, -0.2) is 4.99 Å². The highest BCUT2D eigenvalue weighted by Gasteiger charge is 1.74. The van der Waals surface area contributed by atoms with Gasteiger partial charge in [0, 0.05) is 5.87 Å². The van der Waals surface area contributed by atoms with Crippen LogP contribution in [0.5, 0.6) is 0 Å². The van der Waals surface area contributed by atoms with E-state index in [1.54, 1.807) is 0 Å². The molecule has 0 saturated carbocycles. The summed E-state index contributed by atoms with van der Waals surface area (Å²) in [5.74, 6) is 2.60. The summed E-state index contributed by atoms with van der Waals surface area (Å²) >= 11 is 0. The van der Waals surface area contributed by atoms with Crippen LogP contribution >= 0.6 is 0 Å². The Morgan fingerprint density at radius 1 is 1.67 bits per heavy atom. The van der Waals surface area contributed by atoms with E-state index >= 15 is 0 Å². The van der Waals surface area contributed by atoms with Crippen LogP contribution in [0.2, 0.25) is 0 Å². The van der Waals surface area contributed by atoms with Gasteiger partial charge in [0.25, 0.3) is 0 Å². The average Bonchev–Trinajstić information content (AvgIpc) is 1.72. The van der Waals surface area contributed by atoms with Crippen molar-refractivity contribution < 1.29 is 0 Å². The van der Waals surface area contributed by atoms with Crippen LogP contribution in [0.15, 0.2) is 16.8 Å². The van der Waals surface area contributed by atoms with Crippen LogP contribution in [0.1, 0.15) is 6.42 Å². The van der Waals surface area contributed by atoms with Crippen molar-refractivity contribution in [3.05, 3.63) is 11.8 Å². The molecular formula is C5H5N. The van der Waals surface area contributed by atoms with Crippen LogP contribution in [0.25, 0.3) is 0 Å². The lowest BCUT2D eigenvalue weighted by atomic mass is 10.4. The van der Waals surface area contributed by atoms with Crippen molar-refractivity contribution in [2.75, 3.05) is 6.54 Å². The van der Waals surface area contributed by atoms with Crippen LogP contribution in [0.4, 0.5) is 0 Å². The first kappa shape index (κ1) is 3.42. The molecule has 0 aromatic heterocycles. The number of rotatable bonds is 0. The first-order valence-electron chi connectivity index (χ1n) is 1.99. The second-order valence-corrected chi connectivity index (χ2v) is 1.13. The summed E-state index contributed by atoms with van der Waals surface area (Å²) in [6.45, 7) is 0.896. The zero-order chi connectivity index (χ0) is 4.24. The van der Waals surface area contributed by atoms with Gasteiger partial charge in [0.1, 0.15) is 0 Å². The van der Waals surface area contributed by atoms with Crippen LogP contribution in [0, 0.1) is 0 Å². The van der Waals surface area contributed by atoms with Gasteiger partial charge in [0.05, 0.1) is 6.54 Å². The van der Waals surface area contributed by atoms with Crippen molar-refractivity contribution in [1.82, 2.24) is 0 Å².